The second-order valence-electron chi connectivity index (χ2n) is 5.56. The van der Waals surface area contributed by atoms with E-state index in [1.807, 2.05) is 0 Å². The van der Waals surface area contributed by atoms with Gasteiger partial charge in [-0.05, 0) is 27.0 Å². The molecule has 3 N–H and O–H groups in total. The summed E-state index contributed by atoms with van der Waals surface area (Å²) in [6.07, 6.45) is -2.67. The molecule has 0 radical (unpaired) electrons. The van der Waals surface area contributed by atoms with Gasteiger partial charge in [-0.15, -0.1) is 11.8 Å². The van der Waals surface area contributed by atoms with E-state index in [1.165, 1.54) is 11.8 Å². The third-order valence-corrected chi connectivity index (χ3v) is 3.76. The summed E-state index contributed by atoms with van der Waals surface area (Å²) in [5.74, 6) is -0.478. The first-order valence-corrected chi connectivity index (χ1v) is 7.37. The molecule has 1 aliphatic rings. The van der Waals surface area contributed by atoms with Gasteiger partial charge in [0.1, 0.15) is 23.7 Å². The average Bonchev–Trinajstić information content (AvgIpc) is 2.34. The third kappa shape index (κ3) is 3.82. The van der Waals surface area contributed by atoms with Crippen LogP contribution in [0.1, 0.15) is 20.8 Å². The lowest BCUT2D eigenvalue weighted by Gasteiger charge is -2.41. The van der Waals surface area contributed by atoms with E-state index < -0.39 is 47.8 Å². The van der Waals surface area contributed by atoms with E-state index >= 15 is 0 Å². The van der Waals surface area contributed by atoms with Crippen LogP contribution < -0.4 is 0 Å². The monoisotopic (exact) mass is 294 g/mol. The van der Waals surface area contributed by atoms with E-state index in [4.69, 9.17) is 14.6 Å². The van der Waals surface area contributed by atoms with Gasteiger partial charge < -0.3 is 24.8 Å². The Bertz CT molecular complexity index is 314. The molecule has 1 saturated heterocycles. The zero-order valence-corrected chi connectivity index (χ0v) is 12.4. The van der Waals surface area contributed by atoms with Crippen molar-refractivity contribution in [1.82, 2.24) is 0 Å². The Morgan fingerprint density at radius 1 is 1.32 bits per heavy atom. The maximum Gasteiger partial charge on any atom is 0.311 e. The number of rotatable bonds is 3. The Hall–Kier alpha value is -0.340. The van der Waals surface area contributed by atoms with Crippen LogP contribution in [0.5, 0.6) is 0 Å². The number of esters is 1. The van der Waals surface area contributed by atoms with Crippen molar-refractivity contribution in [3.63, 3.8) is 0 Å². The minimum atomic E-state index is -1.29. The van der Waals surface area contributed by atoms with Crippen molar-refractivity contribution in [1.29, 1.82) is 0 Å². The maximum absolute atomic E-state index is 11.9. The van der Waals surface area contributed by atoms with Gasteiger partial charge in [0, 0.05) is 0 Å². The molecule has 1 unspecified atom stereocenters. The normalized spacial score (nSPS) is 36.1. The number of thioether (sulfide) groups is 1. The minimum absolute atomic E-state index is 0.408. The zero-order valence-electron chi connectivity index (χ0n) is 11.6. The first kappa shape index (κ1) is 16.7. The summed E-state index contributed by atoms with van der Waals surface area (Å²) >= 11 is 1.25. The van der Waals surface area contributed by atoms with Gasteiger partial charge in [-0.3, -0.25) is 4.79 Å². The fraction of sp³-hybridized carbons (Fsp3) is 0.917. The van der Waals surface area contributed by atoms with Crippen molar-refractivity contribution in [2.45, 2.75) is 50.6 Å². The van der Waals surface area contributed by atoms with Crippen LogP contribution in [0.25, 0.3) is 0 Å². The summed E-state index contributed by atoms with van der Waals surface area (Å²) in [4.78, 5) is 11.9. The van der Waals surface area contributed by atoms with Gasteiger partial charge in [0.15, 0.2) is 6.10 Å². The summed E-state index contributed by atoms with van der Waals surface area (Å²) in [6, 6.07) is 0. The number of carbonyl (C=O) groups excluding carboxylic acids is 1. The van der Waals surface area contributed by atoms with Gasteiger partial charge >= 0.3 is 5.97 Å². The van der Waals surface area contributed by atoms with Crippen LogP contribution in [0, 0.1) is 5.41 Å². The molecule has 0 bridgehead atoms. The Morgan fingerprint density at radius 2 is 1.89 bits per heavy atom. The number of aliphatic hydroxyl groups excluding tert-OH is 3. The zero-order chi connectivity index (χ0) is 14.8. The molecule has 1 aliphatic heterocycles. The van der Waals surface area contributed by atoms with Crippen LogP contribution in [0.2, 0.25) is 0 Å². The van der Waals surface area contributed by atoms with Crippen molar-refractivity contribution in [2.75, 3.05) is 12.9 Å². The van der Waals surface area contributed by atoms with Crippen molar-refractivity contribution in [2.24, 2.45) is 5.41 Å². The molecular weight excluding hydrogens is 272 g/mol. The number of aliphatic hydroxyl groups is 3. The predicted molar refractivity (Wildman–Crippen MR) is 70.6 cm³/mol. The molecule has 19 heavy (non-hydrogen) atoms. The lowest BCUT2D eigenvalue weighted by atomic mass is 9.96. The Kier molecular flexibility index (Phi) is 5.64. The first-order chi connectivity index (χ1) is 8.72. The lowest BCUT2D eigenvalue weighted by Crippen LogP contribution is -2.59. The summed E-state index contributed by atoms with van der Waals surface area (Å²) in [5.41, 5.74) is -1.33. The summed E-state index contributed by atoms with van der Waals surface area (Å²) in [7, 11) is 0. The Balaban J connectivity index is 2.82. The third-order valence-electron chi connectivity index (χ3n) is 2.91. The summed E-state index contributed by atoms with van der Waals surface area (Å²) < 4.78 is 10.7. The van der Waals surface area contributed by atoms with E-state index in [1.54, 1.807) is 27.0 Å². The van der Waals surface area contributed by atoms with Crippen molar-refractivity contribution >= 4 is 17.7 Å². The molecule has 0 amide bonds. The van der Waals surface area contributed by atoms with E-state index in [0.717, 1.165) is 0 Å². The molecule has 0 spiro atoms. The Morgan fingerprint density at radius 3 is 2.32 bits per heavy atom. The topological polar surface area (TPSA) is 96.2 Å². The predicted octanol–water partition coefficient (Wildman–Crippen LogP) is -0.254. The van der Waals surface area contributed by atoms with E-state index in [0.29, 0.717) is 0 Å². The number of ether oxygens (including phenoxy) is 2. The number of carbonyl (C=O) groups is 1. The van der Waals surface area contributed by atoms with E-state index in [2.05, 4.69) is 0 Å². The van der Waals surface area contributed by atoms with Crippen LogP contribution in [0.15, 0.2) is 0 Å². The van der Waals surface area contributed by atoms with Crippen LogP contribution in [0.4, 0.5) is 0 Å². The van der Waals surface area contributed by atoms with Crippen molar-refractivity contribution in [3.05, 3.63) is 0 Å². The first-order valence-electron chi connectivity index (χ1n) is 6.08. The van der Waals surface area contributed by atoms with Crippen molar-refractivity contribution in [3.8, 4) is 0 Å². The molecule has 0 aromatic rings. The molecule has 6 nitrogen and oxygen atoms in total. The molecular formula is C12H22O6S. The molecule has 1 heterocycles. The van der Waals surface area contributed by atoms with Gasteiger partial charge in [0.25, 0.3) is 0 Å². The summed E-state index contributed by atoms with van der Waals surface area (Å²) in [6.45, 7) is 4.70. The second kappa shape index (κ2) is 6.41. The molecule has 0 aromatic heterocycles. The fourth-order valence-electron chi connectivity index (χ4n) is 1.67. The standard InChI is InChI=1S/C12H22O6S/c1-12(2,3)11(16)18-9-8(15)7(14)6(5-13)17-10(9)19-4/h6-10,13-15H,5H2,1-4H3/t6-,7+,8+,9-,10?/m1/s1. The lowest BCUT2D eigenvalue weighted by molar-refractivity contribution is -0.222. The quantitative estimate of drug-likeness (QED) is 0.617. The second-order valence-corrected chi connectivity index (χ2v) is 6.50. The molecule has 1 rings (SSSR count). The molecule has 112 valence electrons. The summed E-state index contributed by atoms with van der Waals surface area (Å²) in [5, 5.41) is 28.9. The van der Waals surface area contributed by atoms with Gasteiger partial charge in [-0.25, -0.2) is 0 Å². The highest BCUT2D eigenvalue weighted by molar-refractivity contribution is 7.99. The molecule has 1 fully saturated rings. The smallest absolute Gasteiger partial charge is 0.311 e. The molecule has 0 aliphatic carbocycles. The highest BCUT2D eigenvalue weighted by atomic mass is 32.2. The molecule has 5 atom stereocenters. The van der Waals surface area contributed by atoms with E-state index in [-0.39, 0.29) is 0 Å². The SMILES string of the molecule is CSC1O[C@H](CO)[C@H](O)[C@H](O)[C@H]1OC(=O)C(C)(C)C. The van der Waals surface area contributed by atoms with E-state index in [9.17, 15) is 15.0 Å². The molecule has 0 saturated carbocycles. The van der Waals surface area contributed by atoms with Crippen LogP contribution in [-0.4, -0.2) is 64.0 Å². The maximum atomic E-state index is 11.9. The van der Waals surface area contributed by atoms with Crippen LogP contribution in [0.3, 0.4) is 0 Å². The fourth-order valence-corrected chi connectivity index (χ4v) is 2.41. The minimum Gasteiger partial charge on any atom is -0.455 e. The average molecular weight is 294 g/mol. The molecule has 0 aromatic carbocycles. The van der Waals surface area contributed by atoms with Crippen LogP contribution >= 0.6 is 11.8 Å². The van der Waals surface area contributed by atoms with Gasteiger partial charge in [-0.2, -0.15) is 0 Å². The Labute approximate surface area is 117 Å². The largest absolute Gasteiger partial charge is 0.455 e. The highest BCUT2D eigenvalue weighted by Gasteiger charge is 2.47. The van der Waals surface area contributed by atoms with Crippen molar-refractivity contribution < 1.29 is 29.6 Å². The van der Waals surface area contributed by atoms with Crippen LogP contribution in [-0.2, 0) is 14.3 Å². The van der Waals surface area contributed by atoms with Gasteiger partial charge in [-0.1, -0.05) is 0 Å². The van der Waals surface area contributed by atoms with Gasteiger partial charge in [0.2, 0.25) is 0 Å². The highest BCUT2D eigenvalue weighted by Crippen LogP contribution is 2.30. The number of hydrogen-bond acceptors (Lipinski definition) is 7. The number of hydrogen-bond donors (Lipinski definition) is 3. The van der Waals surface area contributed by atoms with Gasteiger partial charge in [0.05, 0.1) is 12.0 Å². The molecule has 7 heteroatoms.